The van der Waals surface area contributed by atoms with E-state index in [0.29, 0.717) is 12.2 Å². The lowest BCUT2D eigenvalue weighted by molar-refractivity contribution is -0.142. The van der Waals surface area contributed by atoms with Gasteiger partial charge in [-0.25, -0.2) is 8.42 Å². The second-order valence-corrected chi connectivity index (χ2v) is 7.79. The van der Waals surface area contributed by atoms with Gasteiger partial charge in [0.1, 0.15) is 10.4 Å². The van der Waals surface area contributed by atoms with Crippen LogP contribution in [0.25, 0.3) is 0 Å². The summed E-state index contributed by atoms with van der Waals surface area (Å²) >= 11 is 6.00. The normalized spacial score (nSPS) is 19.8. The number of likely N-dealkylation sites (N-methyl/N-ethyl adjacent to an activating group) is 1. The Morgan fingerprint density at radius 3 is 2.52 bits per heavy atom. The summed E-state index contributed by atoms with van der Waals surface area (Å²) in [4.78, 5) is 13.7. The maximum Gasteiger partial charge on any atom is 0.245 e. The number of amides is 1. The summed E-state index contributed by atoms with van der Waals surface area (Å²) in [6, 6.07) is 4.28. The Kier molecular flexibility index (Phi) is 3.94. The van der Waals surface area contributed by atoms with Crippen LogP contribution in [-0.4, -0.2) is 49.2 Å². The highest BCUT2D eigenvalue weighted by atomic mass is 35.5. The van der Waals surface area contributed by atoms with Crippen LogP contribution in [0.2, 0.25) is 5.02 Å². The number of hydrogen-bond donors (Lipinski definition) is 1. The third-order valence-electron chi connectivity index (χ3n) is 3.66. The van der Waals surface area contributed by atoms with E-state index in [9.17, 15) is 13.2 Å². The molecule has 6 nitrogen and oxygen atoms in total. The van der Waals surface area contributed by atoms with Gasteiger partial charge in [-0.1, -0.05) is 11.6 Å². The number of nitrogens with two attached hydrogens (primary N) is 1. The number of hydrogen-bond acceptors (Lipinski definition) is 4. The number of rotatable bonds is 2. The fraction of sp³-hybridized carbons (Fsp3) is 0.462. The molecule has 2 rings (SSSR count). The van der Waals surface area contributed by atoms with Gasteiger partial charge in [-0.2, -0.15) is 4.31 Å². The Labute approximate surface area is 129 Å². The highest BCUT2D eigenvalue weighted by Gasteiger charge is 2.47. The van der Waals surface area contributed by atoms with E-state index in [-0.39, 0.29) is 22.4 Å². The number of halogens is 1. The summed E-state index contributed by atoms with van der Waals surface area (Å²) in [5, 5.41) is 0.0892. The van der Waals surface area contributed by atoms with Gasteiger partial charge >= 0.3 is 0 Å². The van der Waals surface area contributed by atoms with E-state index in [4.69, 9.17) is 17.3 Å². The average Bonchev–Trinajstić information content (AvgIpc) is 2.38. The van der Waals surface area contributed by atoms with Crippen molar-refractivity contribution in [1.29, 1.82) is 0 Å². The molecule has 0 aliphatic carbocycles. The molecule has 1 aromatic carbocycles. The Bertz CT molecular complexity index is 688. The van der Waals surface area contributed by atoms with Crippen LogP contribution >= 0.6 is 11.6 Å². The number of nitrogen functional groups attached to an aromatic ring is 1. The van der Waals surface area contributed by atoms with Gasteiger partial charge in [0.2, 0.25) is 15.9 Å². The van der Waals surface area contributed by atoms with Crippen LogP contribution in [0.15, 0.2) is 23.1 Å². The van der Waals surface area contributed by atoms with E-state index in [1.165, 1.54) is 27.4 Å². The zero-order valence-corrected chi connectivity index (χ0v) is 13.7. The molecule has 0 unspecified atom stereocenters. The fourth-order valence-corrected chi connectivity index (χ4v) is 4.70. The second-order valence-electron chi connectivity index (χ2n) is 5.55. The minimum absolute atomic E-state index is 0.0744. The zero-order chi connectivity index (χ0) is 16.0. The van der Waals surface area contributed by atoms with E-state index >= 15 is 0 Å². The standard InChI is InChI=1S/C13H18ClN3O3S/c1-13(2)12(18)16(3)6-7-17(13)21(19,20)11-8-9(15)4-5-10(11)14/h4-5,8H,6-7,15H2,1-3H3. The summed E-state index contributed by atoms with van der Waals surface area (Å²) in [6.45, 7) is 3.72. The molecule has 0 bridgehead atoms. The second kappa shape index (κ2) is 5.15. The van der Waals surface area contributed by atoms with Crippen molar-refractivity contribution in [3.63, 3.8) is 0 Å². The minimum Gasteiger partial charge on any atom is -0.399 e. The van der Waals surface area contributed by atoms with Gasteiger partial charge in [-0.05, 0) is 32.0 Å². The van der Waals surface area contributed by atoms with Crippen molar-refractivity contribution >= 4 is 33.2 Å². The van der Waals surface area contributed by atoms with Crippen LogP contribution in [0.3, 0.4) is 0 Å². The number of piperazine rings is 1. The number of benzene rings is 1. The molecule has 0 aromatic heterocycles. The smallest absolute Gasteiger partial charge is 0.245 e. The van der Waals surface area contributed by atoms with Gasteiger partial charge in [0.25, 0.3) is 0 Å². The van der Waals surface area contributed by atoms with Crippen LogP contribution in [0, 0.1) is 0 Å². The molecule has 21 heavy (non-hydrogen) atoms. The summed E-state index contributed by atoms with van der Waals surface area (Å²) < 4.78 is 26.9. The third-order valence-corrected chi connectivity index (χ3v) is 6.21. The minimum atomic E-state index is -3.91. The predicted molar refractivity (Wildman–Crippen MR) is 81.5 cm³/mol. The molecular formula is C13H18ClN3O3S. The third kappa shape index (κ3) is 2.61. The average molecular weight is 332 g/mol. The first-order valence-electron chi connectivity index (χ1n) is 6.42. The first-order chi connectivity index (χ1) is 9.58. The van der Waals surface area contributed by atoms with Gasteiger partial charge in [0.05, 0.1) is 5.02 Å². The lowest BCUT2D eigenvalue weighted by Gasteiger charge is -2.43. The van der Waals surface area contributed by atoms with Gasteiger partial charge in [0.15, 0.2) is 0 Å². The van der Waals surface area contributed by atoms with Gasteiger partial charge in [0, 0.05) is 25.8 Å². The highest BCUT2D eigenvalue weighted by molar-refractivity contribution is 7.89. The topological polar surface area (TPSA) is 83.7 Å². The molecule has 1 aliphatic rings. The van der Waals surface area contributed by atoms with Crippen molar-refractivity contribution < 1.29 is 13.2 Å². The molecular weight excluding hydrogens is 314 g/mol. The Hall–Kier alpha value is -1.31. The van der Waals surface area contributed by atoms with Crippen LogP contribution in [0.5, 0.6) is 0 Å². The van der Waals surface area contributed by atoms with Crippen molar-refractivity contribution in [2.45, 2.75) is 24.3 Å². The van der Waals surface area contributed by atoms with Crippen molar-refractivity contribution in [2.75, 3.05) is 25.9 Å². The van der Waals surface area contributed by atoms with Crippen LogP contribution < -0.4 is 5.73 Å². The SMILES string of the molecule is CN1CCN(S(=O)(=O)c2cc(N)ccc2Cl)C(C)(C)C1=O. The summed E-state index contributed by atoms with van der Waals surface area (Å²) in [7, 11) is -2.25. The van der Waals surface area contributed by atoms with Crippen LogP contribution in [0.4, 0.5) is 5.69 Å². The number of anilines is 1. The molecule has 1 aromatic rings. The van der Waals surface area contributed by atoms with Gasteiger partial charge in [-0.15, -0.1) is 0 Å². The van der Waals surface area contributed by atoms with Crippen molar-refractivity contribution in [3.05, 3.63) is 23.2 Å². The van der Waals surface area contributed by atoms with Crippen LogP contribution in [0.1, 0.15) is 13.8 Å². The van der Waals surface area contributed by atoms with E-state index in [1.54, 1.807) is 20.9 Å². The molecule has 1 heterocycles. The summed E-state index contributed by atoms with van der Waals surface area (Å²) in [5.74, 6) is -0.252. The lowest BCUT2D eigenvalue weighted by Crippen LogP contribution is -2.63. The van der Waals surface area contributed by atoms with Gasteiger partial charge in [-0.3, -0.25) is 4.79 Å². The highest BCUT2D eigenvalue weighted by Crippen LogP contribution is 2.33. The van der Waals surface area contributed by atoms with Crippen molar-refractivity contribution in [2.24, 2.45) is 0 Å². The zero-order valence-electron chi connectivity index (χ0n) is 12.1. The van der Waals surface area contributed by atoms with Crippen molar-refractivity contribution in [1.82, 2.24) is 9.21 Å². The predicted octanol–water partition coefficient (Wildman–Crippen LogP) is 1.16. The molecule has 0 spiro atoms. The summed E-state index contributed by atoms with van der Waals surface area (Å²) in [5.41, 5.74) is 4.79. The number of carbonyl (C=O) groups excluding carboxylic acids is 1. The molecule has 0 saturated carbocycles. The molecule has 116 valence electrons. The molecule has 1 saturated heterocycles. The summed E-state index contributed by atoms with van der Waals surface area (Å²) in [6.07, 6.45) is 0. The Balaban J connectivity index is 2.54. The molecule has 1 aliphatic heterocycles. The molecule has 2 N–H and O–H groups in total. The number of sulfonamides is 1. The molecule has 0 radical (unpaired) electrons. The monoisotopic (exact) mass is 331 g/mol. The molecule has 1 fully saturated rings. The Morgan fingerprint density at radius 2 is 1.90 bits per heavy atom. The molecule has 8 heteroatoms. The van der Waals surface area contributed by atoms with Crippen molar-refractivity contribution in [3.8, 4) is 0 Å². The van der Waals surface area contributed by atoms with Gasteiger partial charge < -0.3 is 10.6 Å². The van der Waals surface area contributed by atoms with E-state index in [1.807, 2.05) is 0 Å². The first-order valence-corrected chi connectivity index (χ1v) is 8.23. The first kappa shape index (κ1) is 16.1. The van der Waals surface area contributed by atoms with E-state index in [2.05, 4.69) is 0 Å². The fourth-order valence-electron chi connectivity index (χ4n) is 2.45. The number of carbonyl (C=O) groups is 1. The Morgan fingerprint density at radius 1 is 1.29 bits per heavy atom. The lowest BCUT2D eigenvalue weighted by atomic mass is 10.0. The molecule has 1 amide bonds. The number of nitrogens with zero attached hydrogens (tertiary/aromatic N) is 2. The maximum absolute atomic E-state index is 12.8. The van der Waals surface area contributed by atoms with Crippen LogP contribution in [-0.2, 0) is 14.8 Å². The van der Waals surface area contributed by atoms with E-state index < -0.39 is 15.6 Å². The quantitative estimate of drug-likeness (QED) is 0.824. The van der Waals surface area contributed by atoms with E-state index in [0.717, 1.165) is 0 Å². The molecule has 0 atom stereocenters. The maximum atomic E-state index is 12.8. The largest absolute Gasteiger partial charge is 0.399 e.